The van der Waals surface area contributed by atoms with E-state index in [0.29, 0.717) is 27.8 Å². The van der Waals surface area contributed by atoms with Crippen molar-refractivity contribution in [3.63, 3.8) is 0 Å². The third-order valence-corrected chi connectivity index (χ3v) is 4.20. The van der Waals surface area contributed by atoms with E-state index in [1.54, 1.807) is 12.1 Å². The SMILES string of the molecule is Oc1c2nccnc2c(OCON2CCNCC2)n1-c1ccc(Cl)cn1. The standard InChI is InChI=1S/C16H17ClN6O3/c17-11-1-2-12(21-9-11)23-15(24)13-14(20-4-3-19-13)16(23)25-10-26-22-7-5-18-6-8-22/h1-4,9,18,24H,5-8,10H2. The Morgan fingerprint density at radius 1 is 1.12 bits per heavy atom. The predicted molar refractivity (Wildman–Crippen MR) is 94.4 cm³/mol. The van der Waals surface area contributed by atoms with Crippen molar-refractivity contribution in [2.75, 3.05) is 33.0 Å². The number of ether oxygens (including phenoxy) is 1. The van der Waals surface area contributed by atoms with Crippen LogP contribution in [-0.4, -0.2) is 62.7 Å². The molecule has 0 radical (unpaired) electrons. The second kappa shape index (κ2) is 7.42. The van der Waals surface area contributed by atoms with E-state index >= 15 is 0 Å². The summed E-state index contributed by atoms with van der Waals surface area (Å²) in [6.45, 7) is 3.24. The monoisotopic (exact) mass is 376 g/mol. The summed E-state index contributed by atoms with van der Waals surface area (Å²) < 4.78 is 7.23. The average Bonchev–Trinajstić information content (AvgIpc) is 2.96. The minimum atomic E-state index is -0.111. The molecule has 1 aliphatic heterocycles. The molecule has 0 spiro atoms. The zero-order chi connectivity index (χ0) is 17.9. The number of piperazine rings is 1. The highest BCUT2D eigenvalue weighted by Crippen LogP contribution is 2.36. The van der Waals surface area contributed by atoms with Crippen molar-refractivity contribution < 1.29 is 14.7 Å². The topological polar surface area (TPSA) is 97.6 Å². The van der Waals surface area contributed by atoms with Gasteiger partial charge in [0.05, 0.1) is 5.02 Å². The van der Waals surface area contributed by atoms with Crippen LogP contribution in [0, 0.1) is 0 Å². The normalized spacial score (nSPS) is 15.4. The van der Waals surface area contributed by atoms with E-state index in [9.17, 15) is 5.11 Å². The molecule has 3 aromatic heterocycles. The first kappa shape index (κ1) is 17.0. The molecule has 4 heterocycles. The molecule has 0 saturated carbocycles. The van der Waals surface area contributed by atoms with Crippen molar-refractivity contribution in [3.8, 4) is 17.6 Å². The first-order chi connectivity index (χ1) is 12.7. The van der Waals surface area contributed by atoms with E-state index in [1.807, 2.05) is 5.06 Å². The van der Waals surface area contributed by atoms with Gasteiger partial charge in [0.1, 0.15) is 5.82 Å². The maximum Gasteiger partial charge on any atom is 0.233 e. The van der Waals surface area contributed by atoms with Crippen LogP contribution in [0.25, 0.3) is 16.9 Å². The Hall–Kier alpha value is -2.46. The van der Waals surface area contributed by atoms with Crippen LogP contribution in [-0.2, 0) is 4.84 Å². The summed E-state index contributed by atoms with van der Waals surface area (Å²) in [5, 5.41) is 16.2. The molecule has 10 heteroatoms. The molecule has 136 valence electrons. The lowest BCUT2D eigenvalue weighted by Gasteiger charge is -2.26. The van der Waals surface area contributed by atoms with Crippen molar-refractivity contribution >= 4 is 22.6 Å². The summed E-state index contributed by atoms with van der Waals surface area (Å²) in [7, 11) is 0. The largest absolute Gasteiger partial charge is 0.493 e. The molecule has 0 bridgehead atoms. The highest BCUT2D eigenvalue weighted by atomic mass is 35.5. The summed E-state index contributed by atoms with van der Waals surface area (Å²) in [4.78, 5) is 18.3. The summed E-state index contributed by atoms with van der Waals surface area (Å²) in [5.74, 6) is 0.625. The van der Waals surface area contributed by atoms with Crippen LogP contribution in [0.4, 0.5) is 0 Å². The smallest absolute Gasteiger partial charge is 0.233 e. The third kappa shape index (κ3) is 3.29. The lowest BCUT2D eigenvalue weighted by molar-refractivity contribution is -0.206. The van der Waals surface area contributed by atoms with Crippen LogP contribution < -0.4 is 10.1 Å². The van der Waals surface area contributed by atoms with E-state index in [4.69, 9.17) is 21.2 Å². The predicted octanol–water partition coefficient (Wildman–Crippen LogP) is 1.35. The number of fused-ring (bicyclic) bond motifs is 1. The number of aromatic nitrogens is 4. The minimum absolute atomic E-state index is 0.0251. The Morgan fingerprint density at radius 3 is 2.62 bits per heavy atom. The van der Waals surface area contributed by atoms with Gasteiger partial charge in [-0.3, -0.25) is 4.84 Å². The summed E-state index contributed by atoms with van der Waals surface area (Å²) >= 11 is 5.91. The Balaban J connectivity index is 1.65. The lowest BCUT2D eigenvalue weighted by atomic mass is 10.4. The van der Waals surface area contributed by atoms with Gasteiger partial charge in [-0.05, 0) is 12.1 Å². The molecule has 1 saturated heterocycles. The van der Waals surface area contributed by atoms with Gasteiger partial charge in [0.2, 0.25) is 18.6 Å². The molecule has 0 aliphatic carbocycles. The first-order valence-corrected chi connectivity index (χ1v) is 8.49. The van der Waals surface area contributed by atoms with E-state index in [2.05, 4.69) is 20.3 Å². The molecule has 4 rings (SSSR count). The zero-order valence-corrected chi connectivity index (χ0v) is 14.6. The molecule has 0 unspecified atom stereocenters. The lowest BCUT2D eigenvalue weighted by Crippen LogP contribution is -2.43. The van der Waals surface area contributed by atoms with Crippen molar-refractivity contribution in [1.82, 2.24) is 29.9 Å². The number of halogens is 1. The van der Waals surface area contributed by atoms with Gasteiger partial charge in [0.15, 0.2) is 11.0 Å². The molecule has 26 heavy (non-hydrogen) atoms. The molecule has 0 amide bonds. The quantitative estimate of drug-likeness (QED) is 0.644. The van der Waals surface area contributed by atoms with E-state index in [0.717, 1.165) is 26.2 Å². The Kier molecular flexibility index (Phi) is 4.85. The number of rotatable bonds is 5. The summed E-state index contributed by atoms with van der Waals surface area (Å²) in [6, 6.07) is 3.35. The number of nitrogens with one attached hydrogen (secondary N) is 1. The van der Waals surface area contributed by atoms with Gasteiger partial charge in [-0.2, -0.15) is 5.06 Å². The highest BCUT2D eigenvalue weighted by molar-refractivity contribution is 6.30. The van der Waals surface area contributed by atoms with E-state index in [1.165, 1.54) is 23.2 Å². The van der Waals surface area contributed by atoms with Gasteiger partial charge in [0.25, 0.3) is 0 Å². The molecule has 2 N–H and O–H groups in total. The highest BCUT2D eigenvalue weighted by Gasteiger charge is 2.22. The second-order valence-corrected chi connectivity index (χ2v) is 6.06. The third-order valence-electron chi connectivity index (χ3n) is 3.98. The van der Waals surface area contributed by atoms with Crippen molar-refractivity contribution in [3.05, 3.63) is 35.7 Å². The Bertz CT molecular complexity index is 895. The van der Waals surface area contributed by atoms with Crippen molar-refractivity contribution in [1.29, 1.82) is 0 Å². The molecular formula is C16H17ClN6O3. The fourth-order valence-electron chi connectivity index (χ4n) is 2.74. The van der Waals surface area contributed by atoms with Gasteiger partial charge in [-0.15, -0.1) is 0 Å². The van der Waals surface area contributed by atoms with Gasteiger partial charge in [0, 0.05) is 44.8 Å². The van der Waals surface area contributed by atoms with Crippen LogP contribution in [0.15, 0.2) is 30.7 Å². The van der Waals surface area contributed by atoms with E-state index < -0.39 is 0 Å². The average molecular weight is 377 g/mol. The van der Waals surface area contributed by atoms with Crippen molar-refractivity contribution in [2.24, 2.45) is 0 Å². The maximum atomic E-state index is 10.6. The number of aromatic hydroxyl groups is 1. The first-order valence-electron chi connectivity index (χ1n) is 8.12. The zero-order valence-electron chi connectivity index (χ0n) is 13.8. The number of nitrogens with zero attached hydrogens (tertiary/aromatic N) is 5. The number of hydrogen-bond acceptors (Lipinski definition) is 8. The van der Waals surface area contributed by atoms with Crippen LogP contribution in [0.1, 0.15) is 0 Å². The van der Waals surface area contributed by atoms with E-state index in [-0.39, 0.29) is 12.7 Å². The van der Waals surface area contributed by atoms with Gasteiger partial charge >= 0.3 is 0 Å². The van der Waals surface area contributed by atoms with Crippen LogP contribution in [0.5, 0.6) is 11.8 Å². The number of hydrogen-bond donors (Lipinski definition) is 2. The fraction of sp³-hybridized carbons (Fsp3) is 0.312. The molecule has 0 aromatic carbocycles. The van der Waals surface area contributed by atoms with Crippen LogP contribution in [0.2, 0.25) is 5.02 Å². The van der Waals surface area contributed by atoms with Gasteiger partial charge < -0.3 is 15.2 Å². The molecule has 1 fully saturated rings. The molecule has 1 aliphatic rings. The minimum Gasteiger partial charge on any atom is -0.493 e. The Morgan fingerprint density at radius 2 is 1.88 bits per heavy atom. The van der Waals surface area contributed by atoms with Crippen LogP contribution >= 0.6 is 11.6 Å². The van der Waals surface area contributed by atoms with Crippen LogP contribution in [0.3, 0.4) is 0 Å². The molecule has 0 atom stereocenters. The van der Waals surface area contributed by atoms with Gasteiger partial charge in [-0.1, -0.05) is 11.6 Å². The van der Waals surface area contributed by atoms with Gasteiger partial charge in [-0.25, -0.2) is 19.5 Å². The molecule has 9 nitrogen and oxygen atoms in total. The maximum absolute atomic E-state index is 10.6. The fourth-order valence-corrected chi connectivity index (χ4v) is 2.85. The number of pyridine rings is 1. The number of hydroxylamine groups is 2. The Labute approximate surface area is 154 Å². The van der Waals surface area contributed by atoms with Crippen molar-refractivity contribution in [2.45, 2.75) is 0 Å². The molecule has 3 aromatic rings. The molecular weight excluding hydrogens is 360 g/mol. The second-order valence-electron chi connectivity index (χ2n) is 5.62. The summed E-state index contributed by atoms with van der Waals surface area (Å²) in [5.41, 5.74) is 0.743. The summed E-state index contributed by atoms with van der Waals surface area (Å²) in [6.07, 6.45) is 4.52.